The Hall–Kier alpha value is -0.860. The van der Waals surface area contributed by atoms with E-state index in [0.29, 0.717) is 19.1 Å². The summed E-state index contributed by atoms with van der Waals surface area (Å²) in [6.07, 6.45) is 4.40. The molecule has 1 aliphatic carbocycles. The van der Waals surface area contributed by atoms with Gasteiger partial charge in [-0.15, -0.1) is 24.0 Å². The van der Waals surface area contributed by atoms with E-state index in [2.05, 4.69) is 10.3 Å². The molecular formula is C15H22IN3O2. The third kappa shape index (κ3) is 4.31. The smallest absolute Gasteiger partial charge is 0.193 e. The molecule has 2 aliphatic rings. The van der Waals surface area contributed by atoms with Gasteiger partial charge in [-0.2, -0.15) is 0 Å². The van der Waals surface area contributed by atoms with Gasteiger partial charge in [0.1, 0.15) is 6.10 Å². The van der Waals surface area contributed by atoms with Crippen LogP contribution in [0.2, 0.25) is 0 Å². The summed E-state index contributed by atoms with van der Waals surface area (Å²) in [5.74, 6) is 0.0918. The van der Waals surface area contributed by atoms with Crippen molar-refractivity contribution in [2.24, 2.45) is 10.7 Å². The minimum absolute atomic E-state index is 0. The van der Waals surface area contributed by atoms with E-state index in [-0.39, 0.29) is 35.9 Å². The molecule has 1 aromatic carbocycles. The van der Waals surface area contributed by atoms with Crippen LogP contribution < -0.4 is 11.1 Å². The number of aliphatic imine (C=N–C) groups is 1. The Bertz CT molecular complexity index is 475. The summed E-state index contributed by atoms with van der Waals surface area (Å²) >= 11 is 0. The van der Waals surface area contributed by atoms with Gasteiger partial charge in [-0.25, -0.2) is 0 Å². The maximum Gasteiger partial charge on any atom is 0.193 e. The first kappa shape index (κ1) is 16.5. The van der Waals surface area contributed by atoms with Gasteiger partial charge in [-0.1, -0.05) is 18.2 Å². The van der Waals surface area contributed by atoms with Crippen LogP contribution in [-0.2, 0) is 9.47 Å². The molecule has 1 spiro atoms. The molecule has 1 atom stereocenters. The summed E-state index contributed by atoms with van der Waals surface area (Å²) in [5.41, 5.74) is 6.81. The number of hydrogen-bond donors (Lipinski definition) is 2. The highest BCUT2D eigenvalue weighted by molar-refractivity contribution is 14.0. The molecule has 1 heterocycles. The molecule has 0 radical (unpaired) electrons. The number of guanidine groups is 1. The Kier molecular flexibility index (Phi) is 5.83. The second kappa shape index (κ2) is 7.42. The number of anilines is 1. The monoisotopic (exact) mass is 403 g/mol. The zero-order valence-electron chi connectivity index (χ0n) is 12.0. The molecule has 1 aromatic rings. The standard InChI is InChI=1S/C15H21N3O2.HI/c16-14(18-12-6-2-1-3-7-12)17-10-13-11-19-15(20-13)8-4-5-9-15;/h1-3,6-7,13H,4-5,8-11H2,(H3,16,17,18);1H. The third-order valence-electron chi connectivity index (χ3n) is 3.79. The SMILES string of the molecule is I.NC(=NCC1COC2(CCCC2)O1)Nc1ccccc1. The number of nitrogens with two attached hydrogens (primary N) is 1. The van der Waals surface area contributed by atoms with Crippen molar-refractivity contribution in [3.05, 3.63) is 30.3 Å². The van der Waals surface area contributed by atoms with Crippen molar-refractivity contribution in [3.8, 4) is 0 Å². The van der Waals surface area contributed by atoms with Gasteiger partial charge < -0.3 is 20.5 Å². The maximum absolute atomic E-state index is 6.00. The molecule has 0 aromatic heterocycles. The Balaban J connectivity index is 0.00000161. The van der Waals surface area contributed by atoms with E-state index in [1.54, 1.807) is 0 Å². The molecule has 6 heteroatoms. The molecule has 116 valence electrons. The Labute approximate surface area is 142 Å². The van der Waals surface area contributed by atoms with Crippen LogP contribution in [0.5, 0.6) is 0 Å². The summed E-state index contributed by atoms with van der Waals surface area (Å²) in [4.78, 5) is 4.33. The number of para-hydroxylation sites is 1. The molecule has 1 unspecified atom stereocenters. The van der Waals surface area contributed by atoms with Gasteiger partial charge in [-0.05, 0) is 25.0 Å². The Morgan fingerprint density at radius 2 is 2.00 bits per heavy atom. The third-order valence-corrected chi connectivity index (χ3v) is 3.79. The molecular weight excluding hydrogens is 381 g/mol. The minimum Gasteiger partial charge on any atom is -0.370 e. The van der Waals surface area contributed by atoms with Crippen molar-refractivity contribution in [1.29, 1.82) is 0 Å². The maximum atomic E-state index is 6.00. The van der Waals surface area contributed by atoms with Crippen molar-refractivity contribution < 1.29 is 9.47 Å². The Morgan fingerprint density at radius 3 is 2.71 bits per heavy atom. The quantitative estimate of drug-likeness (QED) is 0.463. The van der Waals surface area contributed by atoms with Gasteiger partial charge in [0.2, 0.25) is 0 Å². The van der Waals surface area contributed by atoms with E-state index in [1.165, 1.54) is 12.8 Å². The van der Waals surface area contributed by atoms with E-state index >= 15 is 0 Å². The largest absolute Gasteiger partial charge is 0.370 e. The van der Waals surface area contributed by atoms with E-state index in [9.17, 15) is 0 Å². The van der Waals surface area contributed by atoms with Crippen molar-refractivity contribution >= 4 is 35.6 Å². The van der Waals surface area contributed by atoms with Crippen molar-refractivity contribution in [2.45, 2.75) is 37.6 Å². The first-order chi connectivity index (χ1) is 9.76. The van der Waals surface area contributed by atoms with Crippen molar-refractivity contribution in [1.82, 2.24) is 0 Å². The highest BCUT2D eigenvalue weighted by atomic mass is 127. The van der Waals surface area contributed by atoms with E-state index < -0.39 is 0 Å². The lowest BCUT2D eigenvalue weighted by Gasteiger charge is -2.21. The summed E-state index contributed by atoms with van der Waals surface area (Å²) in [7, 11) is 0. The minimum atomic E-state index is -0.318. The first-order valence-electron chi connectivity index (χ1n) is 7.20. The fraction of sp³-hybridized carbons (Fsp3) is 0.533. The van der Waals surface area contributed by atoms with Gasteiger partial charge in [0, 0.05) is 18.5 Å². The van der Waals surface area contributed by atoms with Gasteiger partial charge >= 0.3 is 0 Å². The average Bonchev–Trinajstić information content (AvgIpc) is 3.08. The molecule has 5 nitrogen and oxygen atoms in total. The predicted octanol–water partition coefficient (Wildman–Crippen LogP) is 2.72. The summed E-state index contributed by atoms with van der Waals surface area (Å²) in [5, 5.41) is 3.06. The van der Waals surface area contributed by atoms with E-state index in [0.717, 1.165) is 18.5 Å². The molecule has 1 saturated carbocycles. The number of ether oxygens (including phenoxy) is 2. The highest BCUT2D eigenvalue weighted by Gasteiger charge is 2.43. The van der Waals surface area contributed by atoms with Gasteiger partial charge in [0.25, 0.3) is 0 Å². The van der Waals surface area contributed by atoms with Gasteiger partial charge in [0.15, 0.2) is 11.7 Å². The second-order valence-corrected chi connectivity index (χ2v) is 5.39. The van der Waals surface area contributed by atoms with Crippen LogP contribution in [0.3, 0.4) is 0 Å². The number of nitrogens with one attached hydrogen (secondary N) is 1. The van der Waals surface area contributed by atoms with E-state index in [4.69, 9.17) is 15.2 Å². The predicted molar refractivity (Wildman–Crippen MR) is 94.0 cm³/mol. The van der Waals surface area contributed by atoms with Gasteiger partial charge in [-0.3, -0.25) is 4.99 Å². The summed E-state index contributed by atoms with van der Waals surface area (Å²) < 4.78 is 11.8. The topological polar surface area (TPSA) is 68.9 Å². The molecule has 1 aliphatic heterocycles. The second-order valence-electron chi connectivity index (χ2n) is 5.39. The molecule has 0 amide bonds. The van der Waals surface area contributed by atoms with Crippen LogP contribution in [0.25, 0.3) is 0 Å². The van der Waals surface area contributed by atoms with Crippen LogP contribution in [0.4, 0.5) is 5.69 Å². The van der Waals surface area contributed by atoms with Crippen LogP contribution in [0.15, 0.2) is 35.3 Å². The fourth-order valence-corrected chi connectivity index (χ4v) is 2.79. The normalized spacial score (nSPS) is 24.0. The highest BCUT2D eigenvalue weighted by Crippen LogP contribution is 2.39. The molecule has 3 rings (SSSR count). The molecule has 0 bridgehead atoms. The van der Waals surface area contributed by atoms with Crippen LogP contribution in [0, 0.1) is 0 Å². The molecule has 2 fully saturated rings. The summed E-state index contributed by atoms with van der Waals surface area (Å²) in [6, 6.07) is 9.76. The fourth-order valence-electron chi connectivity index (χ4n) is 2.79. The first-order valence-corrected chi connectivity index (χ1v) is 7.20. The van der Waals surface area contributed by atoms with Crippen molar-refractivity contribution in [3.63, 3.8) is 0 Å². The zero-order valence-corrected chi connectivity index (χ0v) is 14.3. The zero-order chi connectivity index (χ0) is 13.8. The number of benzene rings is 1. The average molecular weight is 403 g/mol. The number of hydrogen-bond acceptors (Lipinski definition) is 3. The van der Waals surface area contributed by atoms with Crippen molar-refractivity contribution in [2.75, 3.05) is 18.5 Å². The van der Waals surface area contributed by atoms with Crippen LogP contribution in [0.1, 0.15) is 25.7 Å². The molecule has 3 N–H and O–H groups in total. The number of nitrogens with zero attached hydrogens (tertiary/aromatic N) is 1. The Morgan fingerprint density at radius 1 is 1.29 bits per heavy atom. The van der Waals surface area contributed by atoms with Crippen LogP contribution >= 0.6 is 24.0 Å². The number of halogens is 1. The van der Waals surface area contributed by atoms with E-state index in [1.807, 2.05) is 30.3 Å². The van der Waals surface area contributed by atoms with Crippen LogP contribution in [-0.4, -0.2) is 31.0 Å². The lowest BCUT2D eigenvalue weighted by atomic mass is 10.2. The molecule has 1 saturated heterocycles. The lowest BCUT2D eigenvalue weighted by molar-refractivity contribution is -0.160. The molecule has 21 heavy (non-hydrogen) atoms. The number of rotatable bonds is 3. The lowest BCUT2D eigenvalue weighted by Crippen LogP contribution is -2.28. The summed E-state index contributed by atoms with van der Waals surface area (Å²) in [6.45, 7) is 1.15. The van der Waals surface area contributed by atoms with Gasteiger partial charge in [0.05, 0.1) is 13.2 Å².